The molecule has 2 amide bonds. The van der Waals surface area contributed by atoms with Gasteiger partial charge >= 0.3 is 5.97 Å². The van der Waals surface area contributed by atoms with Gasteiger partial charge in [-0.1, -0.05) is 19.3 Å². The van der Waals surface area contributed by atoms with E-state index in [1.54, 1.807) is 0 Å². The third-order valence-electron chi connectivity index (χ3n) is 4.89. The third-order valence-corrected chi connectivity index (χ3v) is 6.64. The summed E-state index contributed by atoms with van der Waals surface area (Å²) in [6.07, 6.45) is 5.28. The Morgan fingerprint density at radius 1 is 1.12 bits per heavy atom. The van der Waals surface area contributed by atoms with Crippen LogP contribution in [0, 0.1) is 5.92 Å². The molecule has 1 unspecified atom stereocenters. The van der Waals surface area contributed by atoms with Gasteiger partial charge in [-0.3, -0.25) is 14.4 Å². The maximum Gasteiger partial charge on any atom is 0.325 e. The van der Waals surface area contributed by atoms with Gasteiger partial charge in [-0.2, -0.15) is 0 Å². The molecule has 2 aliphatic rings. The highest BCUT2D eigenvalue weighted by Crippen LogP contribution is 2.23. The predicted molar refractivity (Wildman–Crippen MR) is 90.4 cm³/mol. The van der Waals surface area contributed by atoms with Crippen LogP contribution < -0.4 is 5.32 Å². The van der Waals surface area contributed by atoms with Crippen molar-refractivity contribution in [1.29, 1.82) is 0 Å². The molecule has 9 heteroatoms. The van der Waals surface area contributed by atoms with E-state index in [0.717, 1.165) is 32.1 Å². The van der Waals surface area contributed by atoms with Gasteiger partial charge in [0.1, 0.15) is 6.54 Å². The minimum Gasteiger partial charge on any atom is -0.454 e. The van der Waals surface area contributed by atoms with Crippen LogP contribution in [0.15, 0.2) is 0 Å². The Bertz CT molecular complexity index is 612. The Hall–Kier alpha value is -1.64. The quantitative estimate of drug-likeness (QED) is 0.649. The fraction of sp³-hybridized carbons (Fsp3) is 0.812. The van der Waals surface area contributed by atoms with Gasteiger partial charge in [0.15, 0.2) is 16.4 Å². The zero-order valence-corrected chi connectivity index (χ0v) is 15.3. The molecular weight excluding hydrogens is 348 g/mol. The first-order valence-corrected chi connectivity index (χ1v) is 10.5. The van der Waals surface area contributed by atoms with Crippen LogP contribution in [0.2, 0.25) is 0 Å². The second kappa shape index (κ2) is 8.64. The molecule has 2 fully saturated rings. The average molecular weight is 374 g/mol. The highest BCUT2D eigenvalue weighted by Gasteiger charge is 2.33. The maximum absolute atomic E-state index is 12.0. The number of nitrogens with one attached hydrogen (secondary N) is 1. The van der Waals surface area contributed by atoms with E-state index < -0.39 is 28.3 Å². The van der Waals surface area contributed by atoms with E-state index in [-0.39, 0.29) is 35.9 Å². The molecule has 25 heavy (non-hydrogen) atoms. The Kier molecular flexibility index (Phi) is 6.80. The van der Waals surface area contributed by atoms with E-state index >= 15 is 0 Å². The van der Waals surface area contributed by atoms with Crippen molar-refractivity contribution < 1.29 is 27.5 Å². The molecule has 0 aromatic rings. The fourth-order valence-corrected chi connectivity index (χ4v) is 5.02. The van der Waals surface area contributed by atoms with Crippen molar-refractivity contribution in [3.8, 4) is 0 Å². The molecule has 1 saturated heterocycles. The van der Waals surface area contributed by atoms with Crippen molar-refractivity contribution in [2.75, 3.05) is 31.7 Å². The monoisotopic (exact) mass is 374 g/mol. The summed E-state index contributed by atoms with van der Waals surface area (Å²) in [7, 11) is -1.58. The van der Waals surface area contributed by atoms with Crippen molar-refractivity contribution in [3.05, 3.63) is 0 Å². The van der Waals surface area contributed by atoms with Crippen LogP contribution in [0.3, 0.4) is 0 Å². The Balaban J connectivity index is 1.67. The minimum atomic E-state index is -3.08. The Morgan fingerprint density at radius 3 is 2.40 bits per heavy atom. The summed E-state index contributed by atoms with van der Waals surface area (Å²) >= 11 is 0. The van der Waals surface area contributed by atoms with Crippen molar-refractivity contribution in [2.45, 2.75) is 44.6 Å². The van der Waals surface area contributed by atoms with Gasteiger partial charge in [0.25, 0.3) is 5.91 Å². The highest BCUT2D eigenvalue weighted by atomic mass is 32.2. The summed E-state index contributed by atoms with van der Waals surface area (Å²) in [5.41, 5.74) is 0. The van der Waals surface area contributed by atoms with Gasteiger partial charge in [-0.05, 0) is 19.3 Å². The number of hydrogen-bond donors (Lipinski definition) is 1. The van der Waals surface area contributed by atoms with Crippen molar-refractivity contribution in [2.24, 2.45) is 5.92 Å². The molecule has 1 saturated carbocycles. The van der Waals surface area contributed by atoms with Crippen LogP contribution in [0.25, 0.3) is 0 Å². The number of nitrogens with zero attached hydrogens (tertiary/aromatic N) is 1. The fourth-order valence-electron chi connectivity index (χ4n) is 3.25. The SMILES string of the molecule is CN(C(=O)COC(=O)CNC(=O)C1CCCCC1)C1CCS(=O)(=O)C1. The van der Waals surface area contributed by atoms with Gasteiger partial charge in [-0.15, -0.1) is 0 Å². The van der Waals surface area contributed by atoms with Gasteiger partial charge in [0, 0.05) is 19.0 Å². The van der Waals surface area contributed by atoms with Crippen LogP contribution in [0.5, 0.6) is 0 Å². The lowest BCUT2D eigenvalue weighted by Gasteiger charge is -2.23. The van der Waals surface area contributed by atoms with Crippen molar-refractivity contribution in [3.63, 3.8) is 0 Å². The molecule has 142 valence electrons. The number of sulfone groups is 1. The number of esters is 1. The zero-order chi connectivity index (χ0) is 18.4. The Labute approximate surface area is 148 Å². The van der Waals surface area contributed by atoms with E-state index in [2.05, 4.69) is 5.32 Å². The minimum absolute atomic E-state index is 0.0429. The van der Waals surface area contributed by atoms with Gasteiger partial charge in [0.05, 0.1) is 11.5 Å². The summed E-state index contributed by atoms with van der Waals surface area (Å²) < 4.78 is 27.8. The molecule has 1 N–H and O–H groups in total. The molecule has 2 rings (SSSR count). The average Bonchev–Trinajstić information content (AvgIpc) is 2.97. The highest BCUT2D eigenvalue weighted by molar-refractivity contribution is 7.91. The topological polar surface area (TPSA) is 110 Å². The molecular formula is C16H26N2O6S. The first-order valence-electron chi connectivity index (χ1n) is 8.68. The largest absolute Gasteiger partial charge is 0.454 e. The molecule has 1 aliphatic carbocycles. The number of amides is 2. The lowest BCUT2D eigenvalue weighted by molar-refractivity contribution is -0.152. The van der Waals surface area contributed by atoms with Crippen LogP contribution in [-0.2, 0) is 29.0 Å². The summed E-state index contributed by atoms with van der Waals surface area (Å²) in [5, 5.41) is 2.55. The second-order valence-electron chi connectivity index (χ2n) is 6.77. The van der Waals surface area contributed by atoms with Crippen LogP contribution in [0.4, 0.5) is 0 Å². The standard InChI is InChI=1S/C16H26N2O6S/c1-18(13-7-8-25(22,23)11-13)14(19)10-24-15(20)9-17-16(21)12-5-3-2-4-6-12/h12-13H,2-11H2,1H3,(H,17,21). The smallest absolute Gasteiger partial charge is 0.325 e. The third kappa shape index (κ3) is 5.98. The molecule has 0 bridgehead atoms. The van der Waals surface area contributed by atoms with Crippen LogP contribution in [-0.4, -0.2) is 68.8 Å². The van der Waals surface area contributed by atoms with Crippen LogP contribution >= 0.6 is 0 Å². The predicted octanol–water partition coefficient (Wildman–Crippen LogP) is -0.128. The maximum atomic E-state index is 12.0. The molecule has 0 radical (unpaired) electrons. The number of likely N-dealkylation sites (N-methyl/N-ethyl adjacent to an activating group) is 1. The molecule has 1 atom stereocenters. The second-order valence-corrected chi connectivity index (χ2v) is 9.00. The Morgan fingerprint density at radius 2 is 1.80 bits per heavy atom. The molecule has 1 aliphatic heterocycles. The lowest BCUT2D eigenvalue weighted by Crippen LogP contribution is -2.41. The van der Waals surface area contributed by atoms with Gasteiger partial charge in [0.2, 0.25) is 5.91 Å². The molecule has 0 aromatic carbocycles. The number of carbonyl (C=O) groups excluding carboxylic acids is 3. The van der Waals surface area contributed by atoms with E-state index in [1.807, 2.05) is 0 Å². The molecule has 8 nitrogen and oxygen atoms in total. The van der Waals surface area contributed by atoms with Crippen molar-refractivity contribution in [1.82, 2.24) is 10.2 Å². The summed E-state index contributed by atoms with van der Waals surface area (Å²) in [6, 6.07) is -0.373. The summed E-state index contributed by atoms with van der Waals surface area (Å²) in [4.78, 5) is 36.9. The number of hydrogen-bond acceptors (Lipinski definition) is 6. The summed E-state index contributed by atoms with van der Waals surface area (Å²) in [5.74, 6) is -1.29. The summed E-state index contributed by atoms with van der Waals surface area (Å²) in [6.45, 7) is -0.713. The zero-order valence-electron chi connectivity index (χ0n) is 14.5. The number of ether oxygens (including phenoxy) is 1. The van der Waals surface area contributed by atoms with E-state index in [9.17, 15) is 22.8 Å². The van der Waals surface area contributed by atoms with E-state index in [4.69, 9.17) is 4.74 Å². The molecule has 0 spiro atoms. The first kappa shape index (κ1) is 19.7. The van der Waals surface area contributed by atoms with Gasteiger partial charge in [-0.25, -0.2) is 8.42 Å². The first-order chi connectivity index (χ1) is 11.8. The number of rotatable bonds is 6. The van der Waals surface area contributed by atoms with Crippen LogP contribution in [0.1, 0.15) is 38.5 Å². The molecule has 0 aromatic heterocycles. The number of carbonyl (C=O) groups is 3. The van der Waals surface area contributed by atoms with Gasteiger partial charge < -0.3 is 15.0 Å². The van der Waals surface area contributed by atoms with E-state index in [0.29, 0.717) is 6.42 Å². The lowest BCUT2D eigenvalue weighted by atomic mass is 9.89. The molecule has 1 heterocycles. The normalized spacial score (nSPS) is 23.0. The van der Waals surface area contributed by atoms with Crippen molar-refractivity contribution >= 4 is 27.6 Å². The van der Waals surface area contributed by atoms with E-state index in [1.165, 1.54) is 11.9 Å².